The van der Waals surface area contributed by atoms with Crippen LogP contribution < -0.4 is 15.9 Å². The Hall–Kier alpha value is -4.25. The van der Waals surface area contributed by atoms with Crippen molar-refractivity contribution in [3.8, 4) is 16.8 Å². The van der Waals surface area contributed by atoms with Gasteiger partial charge in [0.05, 0.1) is 26.5 Å². The maximum absolute atomic E-state index is 14.7. The molecule has 7 rings (SSSR count). The van der Waals surface area contributed by atoms with Crippen LogP contribution in [0.25, 0.3) is 27.8 Å². The molecule has 0 bridgehead atoms. The van der Waals surface area contributed by atoms with Gasteiger partial charge in [-0.15, -0.1) is 0 Å². The van der Waals surface area contributed by atoms with Gasteiger partial charge in [0.2, 0.25) is 9.84 Å². The maximum Gasteiger partial charge on any atom is 0.210 e. The highest BCUT2D eigenvalue weighted by molar-refractivity contribution is 7.92. The summed E-state index contributed by atoms with van der Waals surface area (Å²) in [5.74, 6) is 0.739. The van der Waals surface area contributed by atoms with E-state index in [4.69, 9.17) is 0 Å². The third-order valence-corrected chi connectivity index (χ3v) is 12.3. The number of hydrogen-bond acceptors (Lipinski definition) is 4. The molecule has 0 radical (unpaired) electrons. The van der Waals surface area contributed by atoms with Crippen LogP contribution in [0, 0.1) is 6.92 Å². The van der Waals surface area contributed by atoms with E-state index in [2.05, 4.69) is 4.98 Å². The molecule has 0 unspecified atom stereocenters. The molecule has 6 aromatic rings. The lowest BCUT2D eigenvalue weighted by Gasteiger charge is -2.22. The Balaban J connectivity index is 1.35. The maximum atomic E-state index is 14.7. The molecule has 0 saturated heterocycles. The second kappa shape index (κ2) is 8.63. The van der Waals surface area contributed by atoms with Crippen LogP contribution in [0.5, 0.6) is 0 Å². The average Bonchev–Trinajstić information content (AvgIpc) is 3.32. The van der Waals surface area contributed by atoms with Crippen molar-refractivity contribution in [3.63, 3.8) is 0 Å². The minimum absolute atomic E-state index is 0.254. The highest BCUT2D eigenvalue weighted by atomic mass is 32.2. The van der Waals surface area contributed by atoms with Gasteiger partial charge in [-0.3, -0.25) is 4.57 Å². The molecular weight excluding hydrogens is 523 g/mol. The number of rotatable bonds is 4. The molecule has 0 fully saturated rings. The van der Waals surface area contributed by atoms with Crippen LogP contribution in [0.15, 0.2) is 131 Å². The third kappa shape index (κ3) is 3.49. The highest BCUT2D eigenvalue weighted by Gasteiger charge is 2.33. The minimum atomic E-state index is -3.73. The number of imidazole rings is 1. The van der Waals surface area contributed by atoms with E-state index in [9.17, 15) is 13.0 Å². The monoisotopic (exact) mass is 546 g/mol. The zero-order valence-electron chi connectivity index (χ0n) is 21.0. The van der Waals surface area contributed by atoms with Crippen molar-refractivity contribution < 1.29 is 13.0 Å². The van der Waals surface area contributed by atoms with Crippen molar-refractivity contribution in [1.29, 1.82) is 0 Å². The van der Waals surface area contributed by atoms with E-state index in [-0.39, 0.29) is 9.79 Å². The predicted octanol–water partition coefficient (Wildman–Crippen LogP) is 5.79. The number of sulfone groups is 1. The van der Waals surface area contributed by atoms with E-state index >= 15 is 0 Å². The molecule has 0 spiro atoms. The summed E-state index contributed by atoms with van der Waals surface area (Å²) in [6.45, 7) is 1.88. The van der Waals surface area contributed by atoms with E-state index in [1.807, 2.05) is 115 Å². The third-order valence-electron chi connectivity index (χ3n) is 7.39. The number of nitrogens with zero attached hydrogens (tertiary/aromatic N) is 2. The van der Waals surface area contributed by atoms with Gasteiger partial charge >= 0.3 is 0 Å². The van der Waals surface area contributed by atoms with E-state index in [1.54, 1.807) is 18.2 Å². The quantitative estimate of drug-likeness (QED) is 0.262. The van der Waals surface area contributed by atoms with Crippen LogP contribution in [0.1, 0.15) is 5.82 Å². The van der Waals surface area contributed by atoms with E-state index in [0.29, 0.717) is 16.7 Å². The Morgan fingerprint density at radius 1 is 0.641 bits per heavy atom. The standard InChI is InChI=1S/C32H23N2O3PS/c1-22-33-28-13-8-14-30-32(28)34(22)29-20-17-24(21-31(29)39(30,36)37)23-15-18-27(19-16-23)38(35,25-9-4-2-5-10-25)26-11-6-3-7-12-26/h2-21H,1H3. The van der Waals surface area contributed by atoms with E-state index < -0.39 is 17.0 Å². The smallest absolute Gasteiger partial charge is 0.210 e. The normalized spacial score (nSPS) is 13.8. The first-order chi connectivity index (χ1) is 18.9. The van der Waals surface area contributed by atoms with Gasteiger partial charge in [-0.05, 0) is 42.3 Å². The first kappa shape index (κ1) is 23.8. The molecule has 5 nitrogen and oxygen atoms in total. The summed E-state index contributed by atoms with van der Waals surface area (Å²) >= 11 is 0. The number of aromatic nitrogens is 2. The van der Waals surface area contributed by atoms with Gasteiger partial charge < -0.3 is 4.57 Å². The van der Waals surface area contributed by atoms with Gasteiger partial charge in [0, 0.05) is 15.9 Å². The number of para-hydroxylation sites is 1. The number of benzene rings is 5. The molecule has 0 atom stereocenters. The van der Waals surface area contributed by atoms with E-state index in [0.717, 1.165) is 32.9 Å². The zero-order chi connectivity index (χ0) is 26.8. The van der Waals surface area contributed by atoms with Crippen LogP contribution in [0.2, 0.25) is 0 Å². The lowest BCUT2D eigenvalue weighted by molar-refractivity contribution is 0.592. The Morgan fingerprint density at radius 3 is 1.87 bits per heavy atom. The molecular formula is C32H23N2O3PS. The first-order valence-corrected chi connectivity index (χ1v) is 15.8. The van der Waals surface area contributed by atoms with Crippen molar-refractivity contribution in [2.75, 3.05) is 0 Å². The zero-order valence-corrected chi connectivity index (χ0v) is 22.7. The molecule has 1 aliphatic rings. The molecule has 39 heavy (non-hydrogen) atoms. The van der Waals surface area contributed by atoms with Crippen molar-refractivity contribution in [2.24, 2.45) is 0 Å². The first-order valence-electron chi connectivity index (χ1n) is 12.6. The molecule has 190 valence electrons. The van der Waals surface area contributed by atoms with Gasteiger partial charge in [0.25, 0.3) is 0 Å². The fraction of sp³-hybridized carbons (Fsp3) is 0.0312. The summed E-state index contributed by atoms with van der Waals surface area (Å²) in [5, 5.41) is 2.26. The van der Waals surface area contributed by atoms with Gasteiger partial charge in [0.1, 0.15) is 5.82 Å². The SMILES string of the molecule is Cc1nc2cccc3c2n1-c1ccc(-c2ccc(P(=O)(c4ccccc4)c4ccccc4)cc2)cc1S3(=O)=O. The van der Waals surface area contributed by atoms with Gasteiger partial charge in [0.15, 0.2) is 7.14 Å². The molecule has 5 aromatic carbocycles. The fourth-order valence-electron chi connectivity index (χ4n) is 5.52. The molecule has 0 aliphatic carbocycles. The number of fused-ring (bicyclic) bond motifs is 2. The summed E-state index contributed by atoms with van der Waals surface area (Å²) in [4.78, 5) is 5.11. The molecule has 7 heteroatoms. The van der Waals surface area contributed by atoms with Crippen LogP contribution >= 0.6 is 7.14 Å². The molecule has 0 saturated carbocycles. The molecule has 1 aliphatic heterocycles. The van der Waals surface area contributed by atoms with Crippen LogP contribution in [0.3, 0.4) is 0 Å². The molecule has 0 amide bonds. The Labute approximate surface area is 226 Å². The minimum Gasteiger partial charge on any atom is -0.309 e. The van der Waals surface area contributed by atoms with Crippen LogP contribution in [-0.4, -0.2) is 18.0 Å². The second-order valence-electron chi connectivity index (χ2n) is 9.63. The van der Waals surface area contributed by atoms with Crippen molar-refractivity contribution in [1.82, 2.24) is 9.55 Å². The van der Waals surface area contributed by atoms with Gasteiger partial charge in [-0.2, -0.15) is 0 Å². The topological polar surface area (TPSA) is 69.0 Å². The van der Waals surface area contributed by atoms with Crippen LogP contribution in [-0.2, 0) is 14.4 Å². The fourth-order valence-corrected chi connectivity index (χ4v) is 9.83. The number of aryl methyl sites for hydroxylation is 1. The Morgan fingerprint density at radius 2 is 1.23 bits per heavy atom. The summed E-state index contributed by atoms with van der Waals surface area (Å²) in [7, 11) is -6.83. The second-order valence-corrected chi connectivity index (χ2v) is 14.3. The lowest BCUT2D eigenvalue weighted by atomic mass is 10.1. The van der Waals surface area contributed by atoms with Crippen molar-refractivity contribution >= 4 is 43.9 Å². The molecule has 1 aromatic heterocycles. The van der Waals surface area contributed by atoms with Crippen molar-refractivity contribution in [2.45, 2.75) is 16.7 Å². The summed E-state index contributed by atoms with van der Waals surface area (Å²) in [5.41, 5.74) is 3.51. The largest absolute Gasteiger partial charge is 0.309 e. The summed E-state index contributed by atoms with van der Waals surface area (Å²) < 4.78 is 44.0. The molecule has 0 N–H and O–H groups in total. The summed E-state index contributed by atoms with van der Waals surface area (Å²) in [6, 6.07) is 37.4. The highest BCUT2D eigenvalue weighted by Crippen LogP contribution is 2.43. The van der Waals surface area contributed by atoms with Crippen LogP contribution in [0.4, 0.5) is 0 Å². The Bertz CT molecular complexity index is 2010. The number of hydrogen-bond donors (Lipinski definition) is 0. The average molecular weight is 547 g/mol. The van der Waals surface area contributed by atoms with Crippen molar-refractivity contribution in [3.05, 3.63) is 127 Å². The summed E-state index contributed by atoms with van der Waals surface area (Å²) in [6.07, 6.45) is 0. The van der Waals surface area contributed by atoms with Gasteiger partial charge in [-0.1, -0.05) is 97.1 Å². The lowest BCUT2D eigenvalue weighted by Crippen LogP contribution is -2.24. The van der Waals surface area contributed by atoms with Gasteiger partial charge in [-0.25, -0.2) is 13.4 Å². The predicted molar refractivity (Wildman–Crippen MR) is 156 cm³/mol. The van der Waals surface area contributed by atoms with E-state index in [1.165, 1.54) is 0 Å². The molecule has 2 heterocycles. The Kier molecular flexibility index (Phi) is 5.28.